The minimum atomic E-state index is -0.976. The van der Waals surface area contributed by atoms with Gasteiger partial charge in [0.1, 0.15) is 11.4 Å². The van der Waals surface area contributed by atoms with E-state index < -0.39 is 5.97 Å². The van der Waals surface area contributed by atoms with Crippen LogP contribution in [0, 0.1) is 0 Å². The van der Waals surface area contributed by atoms with Crippen molar-refractivity contribution in [1.82, 2.24) is 9.88 Å². The zero-order valence-electron chi connectivity index (χ0n) is 17.3. The highest BCUT2D eigenvalue weighted by Crippen LogP contribution is 2.14. The van der Waals surface area contributed by atoms with Gasteiger partial charge in [0.2, 0.25) is 0 Å². The van der Waals surface area contributed by atoms with Crippen LogP contribution in [-0.2, 0) is 6.54 Å². The molecule has 1 amide bonds. The van der Waals surface area contributed by atoms with Crippen LogP contribution in [0.2, 0.25) is 0 Å². The van der Waals surface area contributed by atoms with Gasteiger partial charge in [0.05, 0.1) is 0 Å². The van der Waals surface area contributed by atoms with E-state index in [1.165, 1.54) is 44.9 Å². The van der Waals surface area contributed by atoms with Crippen molar-refractivity contribution in [2.45, 2.75) is 97.4 Å². The molecule has 27 heavy (non-hydrogen) atoms. The molecule has 0 radical (unpaired) electrons. The summed E-state index contributed by atoms with van der Waals surface area (Å²) in [5, 5.41) is 12.3. The number of hydrogen-bond acceptors (Lipinski definition) is 2. The zero-order valence-corrected chi connectivity index (χ0v) is 17.3. The lowest BCUT2D eigenvalue weighted by Crippen LogP contribution is -2.27. The second-order valence-electron chi connectivity index (χ2n) is 7.35. The van der Waals surface area contributed by atoms with Gasteiger partial charge >= 0.3 is 5.97 Å². The summed E-state index contributed by atoms with van der Waals surface area (Å²) in [7, 11) is 0. The summed E-state index contributed by atoms with van der Waals surface area (Å²) in [5.74, 6) is -1.14. The van der Waals surface area contributed by atoms with Gasteiger partial charge in [-0.15, -0.1) is 0 Å². The number of carboxylic acids is 1. The summed E-state index contributed by atoms with van der Waals surface area (Å²) in [6.45, 7) is 5.62. The number of amides is 1. The number of rotatable bonds is 16. The molecule has 0 aliphatic heterocycles. The number of nitrogens with zero attached hydrogens (tertiary/aromatic N) is 1. The lowest BCUT2D eigenvalue weighted by Gasteiger charge is -2.12. The topological polar surface area (TPSA) is 71.3 Å². The third kappa shape index (κ3) is 9.12. The second-order valence-corrected chi connectivity index (χ2v) is 7.35. The van der Waals surface area contributed by atoms with Crippen molar-refractivity contribution in [2.75, 3.05) is 6.54 Å². The minimum absolute atomic E-state index is 0.165. The maximum Gasteiger partial charge on any atom is 0.352 e. The maximum absolute atomic E-state index is 12.5. The fourth-order valence-electron chi connectivity index (χ4n) is 3.34. The van der Waals surface area contributed by atoms with E-state index in [9.17, 15) is 14.7 Å². The van der Waals surface area contributed by atoms with Crippen molar-refractivity contribution in [3.63, 3.8) is 0 Å². The van der Waals surface area contributed by atoms with Gasteiger partial charge in [-0.25, -0.2) is 4.79 Å². The Morgan fingerprint density at radius 3 is 1.93 bits per heavy atom. The van der Waals surface area contributed by atoms with Crippen LogP contribution in [-0.4, -0.2) is 28.1 Å². The molecule has 1 aromatic rings. The molecule has 0 aliphatic carbocycles. The normalized spacial score (nSPS) is 10.9. The smallest absolute Gasteiger partial charge is 0.352 e. The SMILES string of the molecule is CCCCCCCCNC(=O)c1ccc(C(=O)O)n1CCCCCCCC. The summed E-state index contributed by atoms with van der Waals surface area (Å²) in [5.41, 5.74) is 0.667. The average molecular weight is 379 g/mol. The number of hydrogen-bond donors (Lipinski definition) is 2. The Kier molecular flexibility index (Phi) is 12.3. The zero-order chi connectivity index (χ0) is 19.9. The predicted octanol–water partition coefficient (Wildman–Crippen LogP) is 5.64. The highest BCUT2D eigenvalue weighted by molar-refractivity contribution is 5.95. The first-order valence-corrected chi connectivity index (χ1v) is 10.8. The number of aromatic nitrogens is 1. The van der Waals surface area contributed by atoms with Crippen molar-refractivity contribution >= 4 is 11.9 Å². The van der Waals surface area contributed by atoms with Gasteiger partial charge < -0.3 is 15.0 Å². The van der Waals surface area contributed by atoms with Crippen LogP contribution >= 0.6 is 0 Å². The number of nitrogens with one attached hydrogen (secondary N) is 1. The number of carbonyl (C=O) groups is 2. The monoisotopic (exact) mass is 378 g/mol. The Labute approximate surface area is 164 Å². The molecule has 0 bridgehead atoms. The molecule has 5 heteroatoms. The molecule has 0 fully saturated rings. The van der Waals surface area contributed by atoms with Crippen LogP contribution in [0.3, 0.4) is 0 Å². The highest BCUT2D eigenvalue weighted by Gasteiger charge is 2.18. The first-order valence-electron chi connectivity index (χ1n) is 10.8. The van der Waals surface area contributed by atoms with Gasteiger partial charge in [-0.1, -0.05) is 78.1 Å². The van der Waals surface area contributed by atoms with E-state index >= 15 is 0 Å². The Bertz CT molecular complexity index is 552. The summed E-state index contributed by atoms with van der Waals surface area (Å²) in [6, 6.07) is 3.18. The van der Waals surface area contributed by atoms with E-state index in [1.54, 1.807) is 16.7 Å². The van der Waals surface area contributed by atoms with Crippen LogP contribution in [0.5, 0.6) is 0 Å². The molecule has 0 saturated heterocycles. The number of aromatic carboxylic acids is 1. The largest absolute Gasteiger partial charge is 0.477 e. The summed E-state index contributed by atoms with van der Waals surface area (Å²) < 4.78 is 1.67. The Hall–Kier alpha value is -1.78. The van der Waals surface area contributed by atoms with E-state index in [1.807, 2.05) is 0 Å². The van der Waals surface area contributed by atoms with Gasteiger partial charge in [0, 0.05) is 13.1 Å². The van der Waals surface area contributed by atoms with Gasteiger partial charge in [-0.2, -0.15) is 0 Å². The molecule has 0 atom stereocenters. The molecule has 1 aromatic heterocycles. The molecular formula is C22H38N2O3. The van der Waals surface area contributed by atoms with Gasteiger partial charge in [0.15, 0.2) is 0 Å². The lowest BCUT2D eigenvalue weighted by atomic mass is 10.1. The predicted molar refractivity (Wildman–Crippen MR) is 110 cm³/mol. The van der Waals surface area contributed by atoms with Crippen molar-refractivity contribution in [1.29, 1.82) is 0 Å². The van der Waals surface area contributed by atoms with Crippen molar-refractivity contribution in [3.05, 3.63) is 23.5 Å². The quantitative estimate of drug-likeness (QED) is 0.366. The fourth-order valence-corrected chi connectivity index (χ4v) is 3.34. The maximum atomic E-state index is 12.5. The van der Waals surface area contributed by atoms with Gasteiger partial charge in [-0.3, -0.25) is 4.79 Å². The molecule has 1 heterocycles. The third-order valence-electron chi connectivity index (χ3n) is 4.98. The molecule has 5 nitrogen and oxygen atoms in total. The summed E-state index contributed by atoms with van der Waals surface area (Å²) in [4.78, 5) is 24.0. The molecule has 1 rings (SSSR count). The van der Waals surface area contributed by atoms with Crippen LogP contribution in [0.15, 0.2) is 12.1 Å². The van der Waals surface area contributed by atoms with Crippen molar-refractivity contribution in [2.24, 2.45) is 0 Å². The molecular weight excluding hydrogens is 340 g/mol. The van der Waals surface area contributed by atoms with Crippen LogP contribution in [0.1, 0.15) is 112 Å². The fraction of sp³-hybridized carbons (Fsp3) is 0.727. The summed E-state index contributed by atoms with van der Waals surface area (Å²) in [6.07, 6.45) is 13.9. The Balaban J connectivity index is 2.48. The molecule has 0 aliphatic rings. The van der Waals surface area contributed by atoms with E-state index in [0.29, 0.717) is 18.8 Å². The van der Waals surface area contributed by atoms with E-state index in [2.05, 4.69) is 19.2 Å². The lowest BCUT2D eigenvalue weighted by molar-refractivity contribution is 0.0684. The molecule has 0 unspecified atom stereocenters. The first kappa shape index (κ1) is 23.3. The molecule has 0 saturated carbocycles. The Morgan fingerprint density at radius 2 is 1.33 bits per heavy atom. The number of carbonyl (C=O) groups excluding carboxylic acids is 1. The van der Waals surface area contributed by atoms with Crippen LogP contribution in [0.25, 0.3) is 0 Å². The highest BCUT2D eigenvalue weighted by atomic mass is 16.4. The van der Waals surface area contributed by atoms with Crippen LogP contribution in [0.4, 0.5) is 0 Å². The van der Waals surface area contributed by atoms with Gasteiger partial charge in [-0.05, 0) is 25.0 Å². The molecule has 154 valence electrons. The van der Waals surface area contributed by atoms with E-state index in [0.717, 1.165) is 32.1 Å². The number of carboxylic acid groups (broad SMARTS) is 1. The minimum Gasteiger partial charge on any atom is -0.477 e. The average Bonchev–Trinajstić information content (AvgIpc) is 3.08. The third-order valence-corrected chi connectivity index (χ3v) is 4.98. The number of unbranched alkanes of at least 4 members (excludes halogenated alkanes) is 10. The van der Waals surface area contributed by atoms with Crippen molar-refractivity contribution in [3.8, 4) is 0 Å². The van der Waals surface area contributed by atoms with E-state index in [-0.39, 0.29) is 11.6 Å². The van der Waals surface area contributed by atoms with Crippen molar-refractivity contribution < 1.29 is 14.7 Å². The summed E-state index contributed by atoms with van der Waals surface area (Å²) >= 11 is 0. The Morgan fingerprint density at radius 1 is 0.815 bits per heavy atom. The first-order chi connectivity index (χ1) is 13.1. The molecule has 0 aromatic carbocycles. The van der Waals surface area contributed by atoms with Crippen LogP contribution < -0.4 is 5.32 Å². The molecule has 0 spiro atoms. The van der Waals surface area contributed by atoms with E-state index in [4.69, 9.17) is 0 Å². The second kappa shape index (κ2) is 14.3. The van der Waals surface area contributed by atoms with Gasteiger partial charge in [0.25, 0.3) is 5.91 Å². The molecule has 2 N–H and O–H groups in total. The standard InChI is InChI=1S/C22H38N2O3/c1-3-5-7-9-11-13-17-23-21(25)19-15-16-20(22(26)27)24(19)18-14-12-10-8-6-4-2/h15-16H,3-14,17-18H2,1-2H3,(H,23,25)(H,26,27).